The van der Waals surface area contributed by atoms with Crippen LogP contribution in [0.25, 0.3) is 22.4 Å². The Bertz CT molecular complexity index is 1490. The molecule has 3 aromatic carbocycles. The van der Waals surface area contributed by atoms with Gasteiger partial charge >= 0.3 is 5.97 Å². The molecule has 6 heteroatoms. The average molecular weight is 593 g/mol. The lowest BCUT2D eigenvalue weighted by molar-refractivity contribution is -0.139. The van der Waals surface area contributed by atoms with Gasteiger partial charge in [-0.25, -0.2) is 4.79 Å². The van der Waals surface area contributed by atoms with E-state index in [2.05, 4.69) is 38.0 Å². The Kier molecular flexibility index (Phi) is 11.3. The van der Waals surface area contributed by atoms with Crippen LogP contribution in [-0.2, 0) is 16.6 Å². The first kappa shape index (κ1) is 32.5. The van der Waals surface area contributed by atoms with Crippen LogP contribution in [0.4, 0.5) is 0 Å². The molecule has 0 aliphatic heterocycles. The largest absolute Gasteiger partial charge is 0.494 e. The highest BCUT2D eigenvalue weighted by molar-refractivity contribution is 5.96. The molecule has 0 spiro atoms. The van der Waals surface area contributed by atoms with Crippen LogP contribution >= 0.6 is 0 Å². The van der Waals surface area contributed by atoms with Gasteiger partial charge in [-0.3, -0.25) is 9.78 Å². The molecule has 0 saturated heterocycles. The van der Waals surface area contributed by atoms with E-state index in [1.807, 2.05) is 79.0 Å². The number of pyridine rings is 1. The molecule has 4 aromatic rings. The summed E-state index contributed by atoms with van der Waals surface area (Å²) in [5.41, 5.74) is 6.17. The molecular formula is C38H44N2O4. The van der Waals surface area contributed by atoms with Crippen molar-refractivity contribution in [2.45, 2.75) is 77.7 Å². The van der Waals surface area contributed by atoms with Gasteiger partial charge in [0.2, 0.25) is 0 Å². The number of aliphatic carboxylic acids is 1. The quantitative estimate of drug-likeness (QED) is 0.143. The van der Waals surface area contributed by atoms with Crippen LogP contribution in [0.3, 0.4) is 0 Å². The maximum Gasteiger partial charge on any atom is 0.326 e. The number of hydrogen-bond acceptors (Lipinski definition) is 4. The predicted octanol–water partition coefficient (Wildman–Crippen LogP) is 8.49. The summed E-state index contributed by atoms with van der Waals surface area (Å²) in [6.07, 6.45) is 8.11. The maximum absolute atomic E-state index is 12.8. The van der Waals surface area contributed by atoms with Crippen molar-refractivity contribution in [3.05, 3.63) is 108 Å². The van der Waals surface area contributed by atoms with Gasteiger partial charge in [0.25, 0.3) is 5.91 Å². The number of unbranched alkanes of at least 4 members (excludes halogenated alkanes) is 4. The van der Waals surface area contributed by atoms with E-state index in [4.69, 9.17) is 4.74 Å². The van der Waals surface area contributed by atoms with Crippen molar-refractivity contribution in [3.8, 4) is 28.1 Å². The summed E-state index contributed by atoms with van der Waals surface area (Å²) in [5.74, 6) is -0.600. The number of carboxylic acid groups (broad SMARTS) is 1. The smallest absolute Gasteiger partial charge is 0.326 e. The third-order valence-corrected chi connectivity index (χ3v) is 7.77. The Balaban J connectivity index is 1.32. The van der Waals surface area contributed by atoms with Crippen LogP contribution in [-0.4, -0.2) is 34.6 Å². The van der Waals surface area contributed by atoms with E-state index in [1.165, 1.54) is 25.7 Å². The molecule has 1 heterocycles. The Morgan fingerprint density at radius 3 is 2.02 bits per heavy atom. The monoisotopic (exact) mass is 592 g/mol. The van der Waals surface area contributed by atoms with Gasteiger partial charge in [0.1, 0.15) is 11.8 Å². The first-order valence-corrected chi connectivity index (χ1v) is 15.6. The van der Waals surface area contributed by atoms with Crippen LogP contribution in [0.1, 0.15) is 81.3 Å². The molecule has 4 rings (SSSR count). The minimum Gasteiger partial charge on any atom is -0.494 e. The summed E-state index contributed by atoms with van der Waals surface area (Å²) < 4.78 is 5.88. The van der Waals surface area contributed by atoms with Crippen molar-refractivity contribution in [2.24, 2.45) is 0 Å². The highest BCUT2D eigenvalue weighted by atomic mass is 16.5. The number of carbonyl (C=O) groups is 2. The Hall–Kier alpha value is -4.45. The molecule has 1 amide bonds. The number of nitrogens with one attached hydrogen (secondary N) is 1. The summed E-state index contributed by atoms with van der Waals surface area (Å²) in [4.78, 5) is 29.4. The summed E-state index contributed by atoms with van der Waals surface area (Å²) in [7, 11) is 0. The highest BCUT2D eigenvalue weighted by Crippen LogP contribution is 2.25. The molecule has 0 aliphatic carbocycles. The standard InChI is InChI=1S/C38H44N2O4/c1-5-6-7-8-9-24-44-33-21-16-29(17-22-33)34-23-18-31(26-39-34)28-12-10-27(11-13-28)25-35(37(42)43)40-36(41)30-14-19-32(20-15-30)38(2,3)4/h10-23,26,35H,5-9,24-25H2,1-4H3,(H,40,41)(H,42,43). The summed E-state index contributed by atoms with van der Waals surface area (Å²) in [6.45, 7) is 9.27. The van der Waals surface area contributed by atoms with Crippen molar-refractivity contribution in [1.82, 2.24) is 10.3 Å². The first-order chi connectivity index (χ1) is 21.1. The second-order valence-electron chi connectivity index (χ2n) is 12.3. The number of ether oxygens (including phenoxy) is 1. The van der Waals surface area contributed by atoms with Crippen molar-refractivity contribution in [1.29, 1.82) is 0 Å². The molecule has 44 heavy (non-hydrogen) atoms. The maximum atomic E-state index is 12.8. The minimum atomic E-state index is -1.07. The molecule has 1 unspecified atom stereocenters. The Morgan fingerprint density at radius 2 is 1.43 bits per heavy atom. The molecule has 0 bridgehead atoms. The van der Waals surface area contributed by atoms with Crippen LogP contribution in [0.5, 0.6) is 5.75 Å². The van der Waals surface area contributed by atoms with Crippen molar-refractivity contribution in [2.75, 3.05) is 6.61 Å². The Morgan fingerprint density at radius 1 is 0.795 bits per heavy atom. The average Bonchev–Trinajstić information content (AvgIpc) is 3.03. The van der Waals surface area contributed by atoms with Gasteiger partial charge in [-0.1, -0.05) is 95.8 Å². The normalized spacial score (nSPS) is 12.0. The third-order valence-electron chi connectivity index (χ3n) is 7.77. The number of rotatable bonds is 14. The van der Waals surface area contributed by atoms with E-state index >= 15 is 0 Å². The minimum absolute atomic E-state index is 0.0302. The molecule has 1 aromatic heterocycles. The zero-order valence-corrected chi connectivity index (χ0v) is 26.3. The lowest BCUT2D eigenvalue weighted by Gasteiger charge is -2.19. The van der Waals surface area contributed by atoms with Crippen LogP contribution in [0.2, 0.25) is 0 Å². The number of aromatic nitrogens is 1. The van der Waals surface area contributed by atoms with Crippen molar-refractivity contribution in [3.63, 3.8) is 0 Å². The van der Waals surface area contributed by atoms with Crippen LogP contribution in [0.15, 0.2) is 91.1 Å². The number of benzene rings is 3. The fraction of sp³-hybridized carbons (Fsp3) is 0.342. The fourth-order valence-corrected chi connectivity index (χ4v) is 4.99. The number of carbonyl (C=O) groups excluding carboxylic acids is 1. The van der Waals surface area contributed by atoms with Gasteiger partial charge < -0.3 is 15.2 Å². The van der Waals surface area contributed by atoms with E-state index in [-0.39, 0.29) is 11.8 Å². The fourth-order valence-electron chi connectivity index (χ4n) is 4.99. The van der Waals surface area contributed by atoms with Gasteiger partial charge in [-0.15, -0.1) is 0 Å². The Labute approximate surface area is 261 Å². The number of hydrogen-bond donors (Lipinski definition) is 2. The molecule has 0 aliphatic rings. The predicted molar refractivity (Wildman–Crippen MR) is 177 cm³/mol. The molecule has 230 valence electrons. The molecule has 0 saturated carbocycles. The van der Waals surface area contributed by atoms with E-state index in [1.54, 1.807) is 12.1 Å². The van der Waals surface area contributed by atoms with Gasteiger partial charge in [-0.05, 0) is 71.0 Å². The first-order valence-electron chi connectivity index (χ1n) is 15.6. The van der Waals surface area contributed by atoms with Crippen LogP contribution < -0.4 is 10.1 Å². The molecule has 1 atom stereocenters. The second-order valence-corrected chi connectivity index (χ2v) is 12.3. The molecular weight excluding hydrogens is 548 g/mol. The summed E-state index contributed by atoms with van der Waals surface area (Å²) >= 11 is 0. The van der Waals surface area contributed by atoms with E-state index in [0.717, 1.165) is 52.3 Å². The zero-order chi connectivity index (χ0) is 31.5. The number of carboxylic acids is 1. The molecule has 2 N–H and O–H groups in total. The van der Waals surface area contributed by atoms with Gasteiger partial charge in [0.05, 0.1) is 12.3 Å². The van der Waals surface area contributed by atoms with E-state index in [0.29, 0.717) is 5.56 Å². The lowest BCUT2D eigenvalue weighted by atomic mass is 9.86. The van der Waals surface area contributed by atoms with Crippen molar-refractivity contribution >= 4 is 11.9 Å². The lowest BCUT2D eigenvalue weighted by Crippen LogP contribution is -2.42. The molecule has 0 radical (unpaired) electrons. The van der Waals surface area contributed by atoms with E-state index in [9.17, 15) is 14.7 Å². The van der Waals surface area contributed by atoms with Crippen LogP contribution in [0, 0.1) is 0 Å². The molecule has 0 fully saturated rings. The number of amides is 1. The molecule has 6 nitrogen and oxygen atoms in total. The summed E-state index contributed by atoms with van der Waals surface area (Å²) in [5, 5.41) is 12.5. The SMILES string of the molecule is CCCCCCCOc1ccc(-c2ccc(-c3ccc(CC(NC(=O)c4ccc(C(C)(C)C)cc4)C(=O)O)cc3)cn2)cc1. The third kappa shape index (κ3) is 9.27. The topological polar surface area (TPSA) is 88.5 Å². The zero-order valence-electron chi connectivity index (χ0n) is 26.3. The van der Waals surface area contributed by atoms with E-state index < -0.39 is 17.9 Å². The van der Waals surface area contributed by atoms with Gasteiger partial charge in [0.15, 0.2) is 0 Å². The number of nitrogens with zero attached hydrogens (tertiary/aromatic N) is 1. The summed E-state index contributed by atoms with van der Waals surface area (Å²) in [6, 6.07) is 26.0. The highest BCUT2D eigenvalue weighted by Gasteiger charge is 2.22. The van der Waals surface area contributed by atoms with Gasteiger partial charge in [-0.2, -0.15) is 0 Å². The van der Waals surface area contributed by atoms with Gasteiger partial charge in [0, 0.05) is 29.3 Å². The second kappa shape index (κ2) is 15.3. The van der Waals surface area contributed by atoms with Crippen molar-refractivity contribution < 1.29 is 19.4 Å².